The zero-order valence-corrected chi connectivity index (χ0v) is 15.6. The Kier molecular flexibility index (Phi) is 6.12. The number of morpholine rings is 1. The average Bonchev–Trinajstić information content (AvgIpc) is 2.69. The molecule has 0 atom stereocenters. The Morgan fingerprint density at radius 2 is 1.88 bits per heavy atom. The highest BCUT2D eigenvalue weighted by Gasteiger charge is 2.15. The molecule has 0 saturated carbocycles. The highest BCUT2D eigenvalue weighted by atomic mass is 16.5. The fraction of sp³-hybridized carbons (Fsp3) is 0.381. The maximum atomic E-state index is 12.5. The number of hydrogen-bond donors (Lipinski definition) is 1. The lowest BCUT2D eigenvalue weighted by Gasteiger charge is -2.30. The molecule has 26 heavy (non-hydrogen) atoms. The topological polar surface area (TPSA) is 44.8 Å². The van der Waals surface area contributed by atoms with Crippen molar-refractivity contribution in [2.24, 2.45) is 0 Å². The number of ether oxygens (including phenoxy) is 1. The van der Waals surface area contributed by atoms with Crippen LogP contribution < -0.4 is 15.1 Å². The van der Waals surface area contributed by atoms with Crippen LogP contribution in [0.2, 0.25) is 0 Å². The Hall–Kier alpha value is -2.53. The van der Waals surface area contributed by atoms with Crippen molar-refractivity contribution in [3.63, 3.8) is 0 Å². The number of carbonyl (C=O) groups is 1. The van der Waals surface area contributed by atoms with Crippen LogP contribution in [0.3, 0.4) is 0 Å². The minimum Gasteiger partial charge on any atom is -0.378 e. The summed E-state index contributed by atoms with van der Waals surface area (Å²) < 4.78 is 5.43. The molecule has 1 aliphatic heterocycles. The van der Waals surface area contributed by atoms with Gasteiger partial charge in [0, 0.05) is 50.2 Å². The van der Waals surface area contributed by atoms with Gasteiger partial charge in [0.05, 0.1) is 13.2 Å². The standard InChI is InChI=1S/C21H27N3O2/c1-17-8-9-18(16-20(17)24-12-14-26-15-13-24)21(25)22-10-11-23(2)19-6-4-3-5-7-19/h3-9,16H,10-15H2,1-2H3,(H,22,25). The summed E-state index contributed by atoms with van der Waals surface area (Å²) in [7, 11) is 2.03. The van der Waals surface area contributed by atoms with Gasteiger partial charge in [0.25, 0.3) is 5.91 Å². The molecule has 5 nitrogen and oxygen atoms in total. The highest BCUT2D eigenvalue weighted by molar-refractivity contribution is 5.95. The van der Waals surface area contributed by atoms with Crippen LogP contribution in [0.15, 0.2) is 48.5 Å². The molecule has 0 unspecified atom stereocenters. The van der Waals surface area contributed by atoms with Gasteiger partial charge in [-0.05, 0) is 36.8 Å². The van der Waals surface area contributed by atoms with E-state index in [2.05, 4.69) is 34.2 Å². The van der Waals surface area contributed by atoms with Crippen LogP contribution in [-0.2, 0) is 4.74 Å². The Bertz CT molecular complexity index is 727. The van der Waals surface area contributed by atoms with Gasteiger partial charge < -0.3 is 19.9 Å². The first-order valence-corrected chi connectivity index (χ1v) is 9.13. The Labute approximate surface area is 155 Å². The predicted octanol–water partition coefficient (Wildman–Crippen LogP) is 2.70. The summed E-state index contributed by atoms with van der Waals surface area (Å²) in [6.07, 6.45) is 0. The van der Waals surface area contributed by atoms with Crippen LogP contribution in [0.1, 0.15) is 15.9 Å². The molecule has 0 radical (unpaired) electrons. The number of rotatable bonds is 6. The normalized spacial score (nSPS) is 14.2. The van der Waals surface area contributed by atoms with Gasteiger partial charge >= 0.3 is 0 Å². The number of nitrogens with zero attached hydrogens (tertiary/aromatic N) is 2. The van der Waals surface area contributed by atoms with Gasteiger partial charge in [-0.2, -0.15) is 0 Å². The van der Waals surface area contributed by atoms with Gasteiger partial charge in [0.2, 0.25) is 0 Å². The van der Waals surface area contributed by atoms with Crippen LogP contribution in [0.4, 0.5) is 11.4 Å². The van der Waals surface area contributed by atoms with Crippen molar-refractivity contribution in [3.8, 4) is 0 Å². The number of nitrogens with one attached hydrogen (secondary N) is 1. The maximum absolute atomic E-state index is 12.5. The first-order valence-electron chi connectivity index (χ1n) is 9.13. The number of benzene rings is 2. The van der Waals surface area contributed by atoms with E-state index in [1.54, 1.807) is 0 Å². The van der Waals surface area contributed by atoms with Gasteiger partial charge in [-0.25, -0.2) is 0 Å². The lowest BCUT2D eigenvalue weighted by molar-refractivity contribution is 0.0954. The third kappa shape index (κ3) is 4.55. The Morgan fingerprint density at radius 3 is 2.62 bits per heavy atom. The van der Waals surface area contributed by atoms with E-state index in [1.807, 2.05) is 43.4 Å². The first-order chi connectivity index (χ1) is 12.6. The van der Waals surface area contributed by atoms with Crippen molar-refractivity contribution in [3.05, 3.63) is 59.7 Å². The Balaban J connectivity index is 1.57. The predicted molar refractivity (Wildman–Crippen MR) is 106 cm³/mol. The molecule has 1 saturated heterocycles. The molecule has 0 spiro atoms. The fourth-order valence-electron chi connectivity index (χ4n) is 3.15. The van der Waals surface area contributed by atoms with Gasteiger partial charge in [0.1, 0.15) is 0 Å². The van der Waals surface area contributed by atoms with Crippen molar-refractivity contribution in [2.45, 2.75) is 6.92 Å². The van der Waals surface area contributed by atoms with E-state index in [0.29, 0.717) is 12.1 Å². The van der Waals surface area contributed by atoms with Crippen LogP contribution in [0.5, 0.6) is 0 Å². The van der Waals surface area contributed by atoms with Crippen molar-refractivity contribution < 1.29 is 9.53 Å². The third-order valence-corrected chi connectivity index (χ3v) is 4.75. The second-order valence-electron chi connectivity index (χ2n) is 6.61. The smallest absolute Gasteiger partial charge is 0.251 e. The van der Waals surface area contributed by atoms with Crippen LogP contribution in [0.25, 0.3) is 0 Å². The number of hydrogen-bond acceptors (Lipinski definition) is 4. The molecule has 1 aliphatic rings. The monoisotopic (exact) mass is 353 g/mol. The highest BCUT2D eigenvalue weighted by Crippen LogP contribution is 2.22. The van der Waals surface area contributed by atoms with Gasteiger partial charge in [-0.15, -0.1) is 0 Å². The van der Waals surface area contributed by atoms with Gasteiger partial charge in [-0.3, -0.25) is 4.79 Å². The number of likely N-dealkylation sites (N-methyl/N-ethyl adjacent to an activating group) is 1. The van der Waals surface area contributed by atoms with Gasteiger partial charge in [0.15, 0.2) is 0 Å². The number of amides is 1. The zero-order chi connectivity index (χ0) is 18.4. The maximum Gasteiger partial charge on any atom is 0.251 e. The molecule has 138 valence electrons. The number of para-hydroxylation sites is 1. The van der Waals surface area contributed by atoms with E-state index in [9.17, 15) is 4.79 Å². The van der Waals surface area contributed by atoms with Crippen molar-refractivity contribution in [1.82, 2.24) is 5.32 Å². The number of anilines is 2. The SMILES string of the molecule is Cc1ccc(C(=O)NCCN(C)c2ccccc2)cc1N1CCOCC1. The summed E-state index contributed by atoms with van der Waals surface area (Å²) in [5.41, 5.74) is 4.17. The summed E-state index contributed by atoms with van der Waals surface area (Å²) in [6, 6.07) is 16.1. The summed E-state index contributed by atoms with van der Waals surface area (Å²) in [6.45, 7) is 6.66. The molecule has 3 rings (SSSR count). The van der Waals surface area contributed by atoms with E-state index >= 15 is 0 Å². The molecule has 0 bridgehead atoms. The molecule has 1 N–H and O–H groups in total. The molecule has 0 aromatic heterocycles. The molecule has 2 aromatic carbocycles. The Morgan fingerprint density at radius 1 is 1.15 bits per heavy atom. The minimum absolute atomic E-state index is 0.0269. The number of aryl methyl sites for hydroxylation is 1. The van der Waals surface area contributed by atoms with E-state index in [1.165, 1.54) is 5.56 Å². The summed E-state index contributed by atoms with van der Waals surface area (Å²) in [5.74, 6) is -0.0269. The summed E-state index contributed by atoms with van der Waals surface area (Å²) in [4.78, 5) is 17.0. The quantitative estimate of drug-likeness (QED) is 0.867. The average molecular weight is 353 g/mol. The minimum atomic E-state index is -0.0269. The van der Waals surface area contributed by atoms with Crippen LogP contribution >= 0.6 is 0 Å². The zero-order valence-electron chi connectivity index (χ0n) is 15.6. The second-order valence-corrected chi connectivity index (χ2v) is 6.61. The van der Waals surface area contributed by atoms with Crippen molar-refractivity contribution in [1.29, 1.82) is 0 Å². The molecule has 2 aromatic rings. The van der Waals surface area contributed by atoms with Crippen molar-refractivity contribution >= 4 is 17.3 Å². The van der Waals surface area contributed by atoms with Crippen LogP contribution in [-0.4, -0.2) is 52.3 Å². The van der Waals surface area contributed by atoms with E-state index in [0.717, 1.165) is 44.2 Å². The largest absolute Gasteiger partial charge is 0.378 e. The summed E-state index contributed by atoms with van der Waals surface area (Å²) in [5, 5.41) is 3.03. The fourth-order valence-corrected chi connectivity index (χ4v) is 3.15. The lowest BCUT2D eigenvalue weighted by atomic mass is 10.1. The molecule has 1 heterocycles. The van der Waals surface area contributed by atoms with Gasteiger partial charge in [-0.1, -0.05) is 24.3 Å². The molecular weight excluding hydrogens is 326 g/mol. The second kappa shape index (κ2) is 8.72. The first kappa shape index (κ1) is 18.3. The summed E-state index contributed by atoms with van der Waals surface area (Å²) >= 11 is 0. The van der Waals surface area contributed by atoms with E-state index < -0.39 is 0 Å². The molecule has 1 fully saturated rings. The van der Waals surface area contributed by atoms with E-state index in [4.69, 9.17) is 4.74 Å². The molecule has 0 aliphatic carbocycles. The number of carbonyl (C=O) groups excluding carboxylic acids is 1. The molecule has 1 amide bonds. The lowest BCUT2D eigenvalue weighted by Crippen LogP contribution is -2.37. The van der Waals surface area contributed by atoms with E-state index in [-0.39, 0.29) is 5.91 Å². The third-order valence-electron chi connectivity index (χ3n) is 4.75. The van der Waals surface area contributed by atoms with Crippen LogP contribution in [0, 0.1) is 6.92 Å². The van der Waals surface area contributed by atoms with Crippen molar-refractivity contribution in [2.75, 3.05) is 56.2 Å². The molecule has 5 heteroatoms. The molecular formula is C21H27N3O2.